The minimum absolute atomic E-state index is 0.0696. The molecule has 0 radical (unpaired) electrons. The van der Waals surface area contributed by atoms with Crippen LogP contribution in [0.3, 0.4) is 0 Å². The Morgan fingerprint density at radius 1 is 1.61 bits per heavy atom. The second-order valence-corrected chi connectivity index (χ2v) is 5.41. The molecule has 1 aliphatic heterocycles. The summed E-state index contributed by atoms with van der Waals surface area (Å²) in [5.74, 6) is 0.0696. The highest BCUT2D eigenvalue weighted by atomic mass is 79.9. The number of methoxy groups -OCH3 is 1. The summed E-state index contributed by atoms with van der Waals surface area (Å²) in [5.41, 5.74) is 0.680. The van der Waals surface area contributed by atoms with Gasteiger partial charge < -0.3 is 9.64 Å². The van der Waals surface area contributed by atoms with Crippen LogP contribution < -0.4 is 0 Å². The standard InChI is InChI=1S/C13H17BrN2O2/c1-9-7-11(18-2)4-6-16(9)13(17)10-3-5-15-12(14)8-10/h3,5,8-9,11H,4,6-7H2,1-2H3. The van der Waals surface area contributed by atoms with Crippen molar-refractivity contribution in [1.29, 1.82) is 0 Å². The number of likely N-dealkylation sites (tertiary alicyclic amines) is 1. The van der Waals surface area contributed by atoms with Crippen LogP contribution in [-0.2, 0) is 4.74 Å². The van der Waals surface area contributed by atoms with Gasteiger partial charge in [0, 0.05) is 31.5 Å². The second-order valence-electron chi connectivity index (χ2n) is 4.60. The molecule has 2 heterocycles. The van der Waals surface area contributed by atoms with E-state index in [0.717, 1.165) is 19.4 Å². The molecule has 0 saturated carbocycles. The maximum absolute atomic E-state index is 12.4. The molecule has 0 aliphatic carbocycles. The molecule has 4 nitrogen and oxygen atoms in total. The van der Waals surface area contributed by atoms with Crippen molar-refractivity contribution >= 4 is 21.8 Å². The van der Waals surface area contributed by atoms with Crippen LogP contribution in [0.5, 0.6) is 0 Å². The van der Waals surface area contributed by atoms with Gasteiger partial charge in [0.15, 0.2) is 0 Å². The topological polar surface area (TPSA) is 42.4 Å². The Hall–Kier alpha value is -0.940. The lowest BCUT2D eigenvalue weighted by Crippen LogP contribution is -2.46. The van der Waals surface area contributed by atoms with Gasteiger partial charge in [-0.1, -0.05) is 0 Å². The fourth-order valence-electron chi connectivity index (χ4n) is 2.35. The molecule has 2 rings (SSSR count). The summed E-state index contributed by atoms with van der Waals surface area (Å²) in [6, 6.07) is 3.72. The molecular formula is C13H17BrN2O2. The zero-order valence-corrected chi connectivity index (χ0v) is 12.2. The highest BCUT2D eigenvalue weighted by Gasteiger charge is 2.29. The third kappa shape index (κ3) is 2.90. The fraction of sp³-hybridized carbons (Fsp3) is 0.538. The quantitative estimate of drug-likeness (QED) is 0.788. The van der Waals surface area contributed by atoms with Gasteiger partial charge in [0.25, 0.3) is 5.91 Å². The number of hydrogen-bond acceptors (Lipinski definition) is 3. The Labute approximate surface area is 115 Å². The third-order valence-corrected chi connectivity index (χ3v) is 3.83. The van der Waals surface area contributed by atoms with Crippen LogP contribution in [0.2, 0.25) is 0 Å². The van der Waals surface area contributed by atoms with Crippen molar-refractivity contribution in [3.63, 3.8) is 0 Å². The van der Waals surface area contributed by atoms with Gasteiger partial charge in [0.2, 0.25) is 0 Å². The van der Waals surface area contributed by atoms with Gasteiger partial charge in [-0.25, -0.2) is 4.98 Å². The first-order valence-electron chi connectivity index (χ1n) is 6.07. The molecule has 1 aromatic rings. The van der Waals surface area contributed by atoms with Gasteiger partial charge in [-0.05, 0) is 47.8 Å². The van der Waals surface area contributed by atoms with Crippen molar-refractivity contribution in [3.05, 3.63) is 28.5 Å². The number of rotatable bonds is 2. The van der Waals surface area contributed by atoms with Gasteiger partial charge in [-0.3, -0.25) is 4.79 Å². The van der Waals surface area contributed by atoms with Crippen LogP contribution in [0.15, 0.2) is 22.9 Å². The number of piperidine rings is 1. The lowest BCUT2D eigenvalue weighted by atomic mass is 9.99. The first kappa shape index (κ1) is 13.5. The van der Waals surface area contributed by atoms with E-state index in [1.165, 1.54) is 0 Å². The Bertz CT molecular complexity index is 439. The van der Waals surface area contributed by atoms with Gasteiger partial charge >= 0.3 is 0 Å². The molecule has 1 aliphatic rings. The summed E-state index contributed by atoms with van der Waals surface area (Å²) in [4.78, 5) is 18.3. The Balaban J connectivity index is 2.10. The van der Waals surface area contributed by atoms with E-state index in [2.05, 4.69) is 27.8 Å². The fourth-order valence-corrected chi connectivity index (χ4v) is 2.71. The van der Waals surface area contributed by atoms with E-state index >= 15 is 0 Å². The van der Waals surface area contributed by atoms with E-state index in [1.807, 2.05) is 4.90 Å². The van der Waals surface area contributed by atoms with E-state index in [1.54, 1.807) is 25.4 Å². The lowest BCUT2D eigenvalue weighted by Gasteiger charge is -2.37. The summed E-state index contributed by atoms with van der Waals surface area (Å²) in [6.07, 6.45) is 3.71. The predicted molar refractivity (Wildman–Crippen MR) is 72.5 cm³/mol. The molecule has 1 aromatic heterocycles. The number of aromatic nitrogens is 1. The van der Waals surface area contributed by atoms with E-state index in [9.17, 15) is 4.79 Å². The summed E-state index contributed by atoms with van der Waals surface area (Å²) >= 11 is 3.29. The minimum atomic E-state index is 0.0696. The van der Waals surface area contributed by atoms with Crippen molar-refractivity contribution in [2.75, 3.05) is 13.7 Å². The Morgan fingerprint density at radius 3 is 3.00 bits per heavy atom. The number of carbonyl (C=O) groups is 1. The van der Waals surface area contributed by atoms with Crippen LogP contribution in [0.4, 0.5) is 0 Å². The molecule has 2 unspecified atom stereocenters. The lowest BCUT2D eigenvalue weighted by molar-refractivity contribution is 0.0160. The molecule has 1 amide bonds. The molecule has 1 saturated heterocycles. The van der Waals surface area contributed by atoms with Crippen molar-refractivity contribution < 1.29 is 9.53 Å². The normalized spacial score (nSPS) is 24.1. The van der Waals surface area contributed by atoms with Crippen LogP contribution in [0, 0.1) is 0 Å². The SMILES string of the molecule is COC1CCN(C(=O)c2ccnc(Br)c2)C(C)C1. The molecular weight excluding hydrogens is 296 g/mol. The zero-order valence-electron chi connectivity index (χ0n) is 10.6. The number of amides is 1. The third-order valence-electron chi connectivity index (χ3n) is 3.40. The second kappa shape index (κ2) is 5.80. The molecule has 2 atom stereocenters. The van der Waals surface area contributed by atoms with Crippen LogP contribution in [0.1, 0.15) is 30.1 Å². The molecule has 0 spiro atoms. The van der Waals surface area contributed by atoms with E-state index in [4.69, 9.17) is 4.74 Å². The van der Waals surface area contributed by atoms with Gasteiger partial charge in [0.1, 0.15) is 4.60 Å². The summed E-state index contributed by atoms with van der Waals surface area (Å²) in [7, 11) is 1.73. The van der Waals surface area contributed by atoms with Crippen molar-refractivity contribution in [1.82, 2.24) is 9.88 Å². The Kier molecular flexibility index (Phi) is 4.35. The molecule has 5 heteroatoms. The Morgan fingerprint density at radius 2 is 2.39 bits per heavy atom. The van der Waals surface area contributed by atoms with Gasteiger partial charge in [-0.15, -0.1) is 0 Å². The van der Waals surface area contributed by atoms with Gasteiger partial charge in [0.05, 0.1) is 6.10 Å². The molecule has 0 aromatic carbocycles. The smallest absolute Gasteiger partial charge is 0.254 e. The number of halogens is 1. The van der Waals surface area contributed by atoms with Crippen molar-refractivity contribution in [2.24, 2.45) is 0 Å². The first-order chi connectivity index (χ1) is 8.61. The molecule has 0 bridgehead atoms. The summed E-state index contributed by atoms with van der Waals surface area (Å²) in [6.45, 7) is 2.82. The summed E-state index contributed by atoms with van der Waals surface area (Å²) < 4.78 is 6.05. The zero-order chi connectivity index (χ0) is 13.1. The van der Waals surface area contributed by atoms with Crippen molar-refractivity contribution in [3.8, 4) is 0 Å². The highest BCUT2D eigenvalue weighted by molar-refractivity contribution is 9.10. The number of carbonyl (C=O) groups excluding carboxylic acids is 1. The number of pyridine rings is 1. The van der Waals surface area contributed by atoms with Gasteiger partial charge in [-0.2, -0.15) is 0 Å². The number of nitrogens with zero attached hydrogens (tertiary/aromatic N) is 2. The molecule has 1 fully saturated rings. The van der Waals surface area contributed by atoms with E-state index < -0.39 is 0 Å². The van der Waals surface area contributed by atoms with Crippen LogP contribution in [0.25, 0.3) is 0 Å². The maximum Gasteiger partial charge on any atom is 0.254 e. The van der Waals surface area contributed by atoms with E-state index in [-0.39, 0.29) is 18.1 Å². The van der Waals surface area contributed by atoms with Crippen LogP contribution in [-0.4, -0.2) is 41.6 Å². The highest BCUT2D eigenvalue weighted by Crippen LogP contribution is 2.22. The molecule has 18 heavy (non-hydrogen) atoms. The number of ether oxygens (including phenoxy) is 1. The average Bonchev–Trinajstić information content (AvgIpc) is 2.37. The van der Waals surface area contributed by atoms with E-state index in [0.29, 0.717) is 10.2 Å². The molecule has 98 valence electrons. The van der Waals surface area contributed by atoms with Crippen LogP contribution >= 0.6 is 15.9 Å². The first-order valence-corrected chi connectivity index (χ1v) is 6.86. The number of hydrogen-bond donors (Lipinski definition) is 0. The minimum Gasteiger partial charge on any atom is -0.381 e. The average molecular weight is 313 g/mol. The largest absolute Gasteiger partial charge is 0.381 e. The molecule has 0 N–H and O–H groups in total. The predicted octanol–water partition coefficient (Wildman–Crippen LogP) is 2.48. The maximum atomic E-state index is 12.4. The van der Waals surface area contributed by atoms with Crippen molar-refractivity contribution in [2.45, 2.75) is 31.9 Å². The monoisotopic (exact) mass is 312 g/mol. The summed E-state index contributed by atoms with van der Waals surface area (Å²) in [5, 5.41) is 0.